The van der Waals surface area contributed by atoms with Gasteiger partial charge in [-0.15, -0.1) is 0 Å². The summed E-state index contributed by atoms with van der Waals surface area (Å²) in [6, 6.07) is 17.6. The minimum Gasteiger partial charge on any atom is -0.508 e. The van der Waals surface area contributed by atoms with Gasteiger partial charge in [0.2, 0.25) is 6.79 Å². The summed E-state index contributed by atoms with van der Waals surface area (Å²) in [7, 11) is 0. The summed E-state index contributed by atoms with van der Waals surface area (Å²) < 4.78 is 10.7. The highest BCUT2D eigenvalue weighted by Crippen LogP contribution is 2.44. The number of hydrogen-bond acceptors (Lipinski definition) is 7. The molecule has 1 saturated heterocycles. The van der Waals surface area contributed by atoms with Crippen molar-refractivity contribution in [1.82, 2.24) is 0 Å². The molecule has 36 heavy (non-hydrogen) atoms. The fourth-order valence-corrected chi connectivity index (χ4v) is 4.72. The molecular formula is C28H26N2O6. The zero-order chi connectivity index (χ0) is 25.4. The van der Waals surface area contributed by atoms with Crippen LogP contribution in [-0.4, -0.2) is 41.8 Å². The molecule has 1 atom stereocenters. The van der Waals surface area contributed by atoms with Gasteiger partial charge in [-0.2, -0.15) is 0 Å². The normalized spacial score (nSPS) is 18.1. The Morgan fingerprint density at radius 1 is 0.972 bits per heavy atom. The van der Waals surface area contributed by atoms with Gasteiger partial charge in [-0.1, -0.05) is 12.1 Å². The third-order valence-corrected chi connectivity index (χ3v) is 6.53. The van der Waals surface area contributed by atoms with Gasteiger partial charge in [0.05, 0.1) is 11.6 Å². The lowest BCUT2D eigenvalue weighted by Crippen LogP contribution is -2.29. The summed E-state index contributed by atoms with van der Waals surface area (Å²) in [6.45, 7) is 5.86. The highest BCUT2D eigenvalue weighted by Gasteiger charge is 2.47. The van der Waals surface area contributed by atoms with Crippen molar-refractivity contribution in [2.75, 3.05) is 29.7 Å². The number of Topliss-reactive ketones (excluding diaryl/α,β-unsaturated/α-hetero) is 1. The van der Waals surface area contributed by atoms with E-state index in [4.69, 9.17) is 9.47 Å². The number of carbonyl (C=O) groups is 2. The number of anilines is 2. The number of aliphatic hydroxyl groups excluding tert-OH is 1. The third-order valence-electron chi connectivity index (χ3n) is 6.53. The maximum atomic E-state index is 13.4. The van der Waals surface area contributed by atoms with Crippen molar-refractivity contribution in [3.63, 3.8) is 0 Å². The van der Waals surface area contributed by atoms with E-state index >= 15 is 0 Å². The molecule has 1 fully saturated rings. The van der Waals surface area contributed by atoms with E-state index in [0.717, 1.165) is 18.8 Å². The predicted molar refractivity (Wildman–Crippen MR) is 135 cm³/mol. The zero-order valence-electron chi connectivity index (χ0n) is 20.0. The number of fused-ring (bicyclic) bond motifs is 1. The smallest absolute Gasteiger partial charge is 0.300 e. The van der Waals surface area contributed by atoms with Crippen LogP contribution in [0.3, 0.4) is 0 Å². The number of benzene rings is 3. The van der Waals surface area contributed by atoms with Crippen LogP contribution in [0.4, 0.5) is 11.4 Å². The summed E-state index contributed by atoms with van der Waals surface area (Å²) in [6.07, 6.45) is 0. The number of hydrogen-bond donors (Lipinski definition) is 2. The Balaban J connectivity index is 1.64. The van der Waals surface area contributed by atoms with Crippen LogP contribution in [0.1, 0.15) is 31.0 Å². The first-order chi connectivity index (χ1) is 17.4. The zero-order valence-corrected chi connectivity index (χ0v) is 20.0. The topological polar surface area (TPSA) is 99.5 Å². The molecule has 0 aliphatic carbocycles. The molecule has 184 valence electrons. The van der Waals surface area contributed by atoms with Gasteiger partial charge in [0.25, 0.3) is 11.7 Å². The number of carbonyl (C=O) groups excluding carboxylic acids is 2. The number of rotatable bonds is 6. The second-order valence-electron chi connectivity index (χ2n) is 8.52. The molecular weight excluding hydrogens is 460 g/mol. The molecule has 0 bridgehead atoms. The molecule has 2 N–H and O–H groups in total. The molecule has 0 spiro atoms. The van der Waals surface area contributed by atoms with Gasteiger partial charge in [0, 0.05) is 30.0 Å². The molecule has 2 aliphatic heterocycles. The number of phenols is 1. The van der Waals surface area contributed by atoms with E-state index in [-0.39, 0.29) is 23.9 Å². The fraction of sp³-hybridized carbons (Fsp3) is 0.214. The molecule has 2 heterocycles. The Kier molecular flexibility index (Phi) is 6.01. The van der Waals surface area contributed by atoms with Gasteiger partial charge in [0.1, 0.15) is 11.5 Å². The van der Waals surface area contributed by atoms with Crippen molar-refractivity contribution in [1.29, 1.82) is 0 Å². The van der Waals surface area contributed by atoms with Crippen LogP contribution in [-0.2, 0) is 9.59 Å². The standard InChI is InChI=1S/C28H26N2O6/c1-3-29(4-2)19-9-11-20(12-10-19)30-25(17-6-5-7-21(31)14-17)24(27(33)28(30)34)26(32)18-8-13-22-23(15-18)36-16-35-22/h5-15,25,31-32H,3-4,16H2,1-2H3/b26-24-. The van der Waals surface area contributed by atoms with Crippen molar-refractivity contribution in [2.24, 2.45) is 0 Å². The first-order valence-electron chi connectivity index (χ1n) is 11.8. The molecule has 5 rings (SSSR count). The van der Waals surface area contributed by atoms with Gasteiger partial charge >= 0.3 is 0 Å². The van der Waals surface area contributed by atoms with E-state index in [2.05, 4.69) is 18.7 Å². The van der Waals surface area contributed by atoms with Crippen LogP contribution in [0, 0.1) is 0 Å². The van der Waals surface area contributed by atoms with E-state index in [1.54, 1.807) is 42.5 Å². The quantitative estimate of drug-likeness (QED) is 0.299. The number of ketones is 1. The maximum Gasteiger partial charge on any atom is 0.300 e. The van der Waals surface area contributed by atoms with Gasteiger partial charge < -0.3 is 24.6 Å². The van der Waals surface area contributed by atoms with Crippen LogP contribution in [0.15, 0.2) is 72.3 Å². The third kappa shape index (κ3) is 3.90. The largest absolute Gasteiger partial charge is 0.508 e. The number of aromatic hydroxyl groups is 1. The Morgan fingerprint density at radius 3 is 2.39 bits per heavy atom. The van der Waals surface area contributed by atoms with E-state index in [9.17, 15) is 19.8 Å². The molecule has 8 nitrogen and oxygen atoms in total. The summed E-state index contributed by atoms with van der Waals surface area (Å²) >= 11 is 0. The molecule has 3 aromatic carbocycles. The summed E-state index contributed by atoms with van der Waals surface area (Å²) in [5.41, 5.74) is 2.24. The van der Waals surface area contributed by atoms with Crippen LogP contribution in [0.2, 0.25) is 0 Å². The van der Waals surface area contributed by atoms with Gasteiger partial charge in [0.15, 0.2) is 11.5 Å². The molecule has 1 amide bonds. The average molecular weight is 487 g/mol. The fourth-order valence-electron chi connectivity index (χ4n) is 4.72. The lowest BCUT2D eigenvalue weighted by atomic mass is 9.95. The first kappa shape index (κ1) is 23.3. The minimum atomic E-state index is -0.943. The molecule has 0 saturated carbocycles. The number of ether oxygens (including phenoxy) is 2. The summed E-state index contributed by atoms with van der Waals surface area (Å²) in [5.74, 6) is -0.952. The van der Waals surface area contributed by atoms with Crippen molar-refractivity contribution in [3.05, 3.63) is 83.4 Å². The highest BCUT2D eigenvalue weighted by molar-refractivity contribution is 6.51. The lowest BCUT2D eigenvalue weighted by molar-refractivity contribution is -0.132. The first-order valence-corrected chi connectivity index (χ1v) is 11.8. The Labute approximate surface area is 208 Å². The van der Waals surface area contributed by atoms with E-state index in [0.29, 0.717) is 28.3 Å². The van der Waals surface area contributed by atoms with Crippen LogP contribution in [0.5, 0.6) is 17.2 Å². The molecule has 2 aliphatic rings. The Morgan fingerprint density at radius 2 is 1.69 bits per heavy atom. The Bertz CT molecular complexity index is 1360. The van der Waals surface area contributed by atoms with Crippen LogP contribution >= 0.6 is 0 Å². The molecule has 0 radical (unpaired) electrons. The summed E-state index contributed by atoms with van der Waals surface area (Å²) in [5, 5.41) is 21.5. The van der Waals surface area contributed by atoms with E-state index in [1.165, 1.54) is 17.0 Å². The molecule has 0 aromatic heterocycles. The number of amides is 1. The van der Waals surface area contributed by atoms with Crippen LogP contribution < -0.4 is 19.3 Å². The Hall–Kier alpha value is -4.46. The lowest BCUT2D eigenvalue weighted by Gasteiger charge is -2.27. The van der Waals surface area contributed by atoms with E-state index in [1.807, 2.05) is 12.1 Å². The minimum absolute atomic E-state index is 0.0157. The number of phenolic OH excluding ortho intramolecular Hbond substituents is 1. The van der Waals surface area contributed by atoms with Gasteiger partial charge in [-0.05, 0) is 74.0 Å². The molecule has 3 aromatic rings. The average Bonchev–Trinajstić information content (AvgIpc) is 3.47. The van der Waals surface area contributed by atoms with Crippen molar-refractivity contribution < 1.29 is 29.3 Å². The number of aliphatic hydroxyl groups is 1. The monoisotopic (exact) mass is 486 g/mol. The van der Waals surface area contributed by atoms with E-state index < -0.39 is 17.7 Å². The molecule has 1 unspecified atom stereocenters. The SMILES string of the molecule is CCN(CC)c1ccc(N2C(=O)C(=O)/C(=C(\O)c3ccc4c(c3)OCO4)C2c2cccc(O)c2)cc1. The summed E-state index contributed by atoms with van der Waals surface area (Å²) in [4.78, 5) is 30.2. The van der Waals surface area contributed by atoms with Crippen molar-refractivity contribution in [2.45, 2.75) is 19.9 Å². The van der Waals surface area contributed by atoms with Crippen molar-refractivity contribution >= 4 is 28.8 Å². The van der Waals surface area contributed by atoms with Gasteiger partial charge in [-0.3, -0.25) is 14.5 Å². The van der Waals surface area contributed by atoms with Crippen molar-refractivity contribution in [3.8, 4) is 17.2 Å². The second kappa shape index (κ2) is 9.30. The second-order valence-corrected chi connectivity index (χ2v) is 8.52. The number of nitrogens with zero attached hydrogens (tertiary/aromatic N) is 2. The van der Waals surface area contributed by atoms with Crippen LogP contribution in [0.25, 0.3) is 5.76 Å². The molecule has 8 heteroatoms. The highest BCUT2D eigenvalue weighted by atomic mass is 16.7. The predicted octanol–water partition coefficient (Wildman–Crippen LogP) is 4.59. The van der Waals surface area contributed by atoms with Gasteiger partial charge in [-0.25, -0.2) is 0 Å². The maximum absolute atomic E-state index is 13.4.